The van der Waals surface area contributed by atoms with E-state index in [2.05, 4.69) is 9.97 Å². The van der Waals surface area contributed by atoms with Crippen LogP contribution in [0.15, 0.2) is 12.5 Å². The summed E-state index contributed by atoms with van der Waals surface area (Å²) in [5.74, 6) is -1.26. The number of aryl methyl sites for hydroxylation is 1. The number of aromatic nitrogens is 2. The smallest absolute Gasteiger partial charge is 0.543 e. The minimum Gasteiger partial charge on any atom is -0.543 e. The number of aromatic carboxylic acids is 1. The Hall–Kier alpha value is -0.853. The summed E-state index contributed by atoms with van der Waals surface area (Å²) in [6.45, 7) is 1.62. The van der Waals surface area contributed by atoms with Gasteiger partial charge in [-0.25, -0.2) is 9.97 Å². The van der Waals surface area contributed by atoms with Gasteiger partial charge in [-0.3, -0.25) is 0 Å². The second-order valence-electron chi connectivity index (χ2n) is 1.84. The van der Waals surface area contributed by atoms with Gasteiger partial charge in [-0.15, -0.1) is 0 Å². The molecule has 1 heterocycles. The van der Waals surface area contributed by atoms with Crippen LogP contribution < -0.4 is 24.0 Å². The van der Waals surface area contributed by atoms with E-state index < -0.39 is 5.97 Å². The molecule has 1 aromatic rings. The molecule has 0 atom stereocenters. The molecule has 1 rings (SSSR count). The summed E-state index contributed by atoms with van der Waals surface area (Å²) >= 11 is 0. The van der Waals surface area contributed by atoms with Gasteiger partial charge in [-0.05, 0) is 12.5 Å². The van der Waals surface area contributed by atoms with Gasteiger partial charge in [-0.1, -0.05) is 0 Å². The first-order chi connectivity index (χ1) is 4.72. The summed E-state index contributed by atoms with van der Waals surface area (Å²) in [7, 11) is 0. The summed E-state index contributed by atoms with van der Waals surface area (Å²) in [5.41, 5.74) is 0.470. The Morgan fingerprint density at radius 3 is 2.64 bits per heavy atom. The van der Waals surface area contributed by atoms with E-state index in [4.69, 9.17) is 0 Å². The van der Waals surface area contributed by atoms with E-state index in [-0.39, 0.29) is 24.6 Å². The molecule has 5 heteroatoms. The molecule has 0 unspecified atom stereocenters. The van der Waals surface area contributed by atoms with Gasteiger partial charge < -0.3 is 9.90 Å². The Labute approximate surface area is 75.9 Å². The van der Waals surface area contributed by atoms with Crippen LogP contribution in [0.3, 0.4) is 0 Å². The molecule has 0 aliphatic heterocycles. The van der Waals surface area contributed by atoms with Gasteiger partial charge in [0, 0.05) is 6.20 Å². The summed E-state index contributed by atoms with van der Waals surface area (Å²) in [6.07, 6.45) is 2.61. The molecule has 0 radical (unpaired) electrons. The maximum absolute atomic E-state index is 10.2. The summed E-state index contributed by atoms with van der Waals surface area (Å²) < 4.78 is 0. The van der Waals surface area contributed by atoms with Crippen LogP contribution in [0.2, 0.25) is 0 Å². The molecule has 1 aromatic heterocycles. The van der Waals surface area contributed by atoms with Gasteiger partial charge >= 0.3 is 18.9 Å². The van der Waals surface area contributed by atoms with Gasteiger partial charge in [0.1, 0.15) is 6.33 Å². The van der Waals surface area contributed by atoms with Crippen LogP contribution in [0.25, 0.3) is 0 Å². The van der Waals surface area contributed by atoms with Gasteiger partial charge in [-0.2, -0.15) is 0 Å². The van der Waals surface area contributed by atoms with Crippen LogP contribution in [0, 0.1) is 6.92 Å². The van der Waals surface area contributed by atoms with E-state index in [9.17, 15) is 9.90 Å². The third-order valence-electron chi connectivity index (χ3n) is 1.09. The topological polar surface area (TPSA) is 65.9 Å². The number of carboxylic acid groups (broad SMARTS) is 1. The van der Waals surface area contributed by atoms with E-state index in [0.29, 0.717) is 5.56 Å². The summed E-state index contributed by atoms with van der Waals surface area (Å²) in [5, 5.41) is 10.2. The minimum absolute atomic E-state index is 0. The maximum Gasteiger partial charge on any atom is 1.00 e. The first-order valence-electron chi connectivity index (χ1n) is 2.70. The van der Waals surface area contributed by atoms with Crippen LogP contribution in [-0.2, 0) is 0 Å². The van der Waals surface area contributed by atoms with Gasteiger partial charge in [0.05, 0.1) is 11.7 Å². The van der Waals surface area contributed by atoms with Crippen LogP contribution in [0.5, 0.6) is 0 Å². The average molecular weight is 144 g/mol. The summed E-state index contributed by atoms with van der Waals surface area (Å²) in [4.78, 5) is 17.4. The third-order valence-corrected chi connectivity index (χ3v) is 1.09. The molecule has 4 nitrogen and oxygen atoms in total. The third kappa shape index (κ3) is 2.33. The molecular weight excluding hydrogens is 139 g/mol. The van der Waals surface area contributed by atoms with Crippen molar-refractivity contribution >= 4 is 5.97 Å². The monoisotopic (exact) mass is 144 g/mol. The van der Waals surface area contributed by atoms with Gasteiger partial charge in [0.15, 0.2) is 0 Å². The largest absolute Gasteiger partial charge is 1.00 e. The van der Waals surface area contributed by atoms with Crippen molar-refractivity contribution in [2.75, 3.05) is 0 Å². The molecule has 0 spiro atoms. The quantitative estimate of drug-likeness (QED) is 0.378. The molecule has 0 aromatic carbocycles. The number of carbonyl (C=O) groups excluding carboxylic acids is 1. The van der Waals surface area contributed by atoms with E-state index >= 15 is 0 Å². The normalized spacial score (nSPS) is 8.45. The second-order valence-corrected chi connectivity index (χ2v) is 1.84. The minimum atomic E-state index is -1.26. The predicted octanol–water partition coefficient (Wildman–Crippen LogP) is -3.85. The molecule has 11 heavy (non-hydrogen) atoms. The number of rotatable bonds is 1. The Balaban J connectivity index is 0.000001000. The van der Waals surface area contributed by atoms with Crippen molar-refractivity contribution in [2.24, 2.45) is 0 Å². The van der Waals surface area contributed by atoms with E-state index in [1.165, 1.54) is 12.5 Å². The number of carboxylic acids is 1. The molecule has 0 aliphatic carbocycles. The van der Waals surface area contributed by atoms with Crippen molar-refractivity contribution in [3.05, 3.63) is 23.8 Å². The van der Waals surface area contributed by atoms with Gasteiger partial charge in [0.2, 0.25) is 0 Å². The van der Waals surface area contributed by atoms with Crippen molar-refractivity contribution in [1.29, 1.82) is 0 Å². The molecular formula is C6H5LiN2O2. The fourth-order valence-corrected chi connectivity index (χ4v) is 0.613. The second kappa shape index (κ2) is 4.11. The molecule has 0 aliphatic rings. The zero-order valence-electron chi connectivity index (χ0n) is 6.37. The van der Waals surface area contributed by atoms with E-state index in [1.54, 1.807) is 6.92 Å². The van der Waals surface area contributed by atoms with Crippen molar-refractivity contribution in [3.63, 3.8) is 0 Å². The predicted molar refractivity (Wildman–Crippen MR) is 31.1 cm³/mol. The first-order valence-corrected chi connectivity index (χ1v) is 2.70. The SMILES string of the molecule is Cc1cncnc1C(=O)[O-].[Li+]. The van der Waals surface area contributed by atoms with E-state index in [0.717, 1.165) is 0 Å². The van der Waals surface area contributed by atoms with Gasteiger partial charge in [0.25, 0.3) is 0 Å². The van der Waals surface area contributed by atoms with Crippen molar-refractivity contribution < 1.29 is 28.8 Å². The Morgan fingerprint density at radius 1 is 1.64 bits per heavy atom. The standard InChI is InChI=1S/C6H6N2O2.Li/c1-4-2-7-3-8-5(4)6(9)10;/h2-3H,1H3,(H,9,10);/q;+1/p-1. The average Bonchev–Trinajstić information content (AvgIpc) is 1.88. The van der Waals surface area contributed by atoms with Crippen molar-refractivity contribution in [3.8, 4) is 0 Å². The van der Waals surface area contributed by atoms with Crippen LogP contribution >= 0.6 is 0 Å². The van der Waals surface area contributed by atoms with Crippen molar-refractivity contribution in [1.82, 2.24) is 9.97 Å². The van der Waals surface area contributed by atoms with Crippen LogP contribution in [-0.4, -0.2) is 15.9 Å². The molecule has 52 valence electrons. The Kier molecular flexibility index (Phi) is 3.80. The fraction of sp³-hybridized carbons (Fsp3) is 0.167. The number of hydrogen-bond acceptors (Lipinski definition) is 4. The van der Waals surface area contributed by atoms with Crippen LogP contribution in [0.1, 0.15) is 16.1 Å². The maximum atomic E-state index is 10.2. The molecule has 0 amide bonds. The first kappa shape index (κ1) is 10.1. The molecule has 0 N–H and O–H groups in total. The Morgan fingerprint density at radius 2 is 2.27 bits per heavy atom. The van der Waals surface area contributed by atoms with Crippen molar-refractivity contribution in [2.45, 2.75) is 6.92 Å². The Bertz CT molecular complexity index is 265. The zero-order chi connectivity index (χ0) is 7.56. The van der Waals surface area contributed by atoms with E-state index in [1.807, 2.05) is 0 Å². The zero-order valence-corrected chi connectivity index (χ0v) is 6.37. The molecule has 0 fully saturated rings. The van der Waals surface area contributed by atoms with Crippen LogP contribution in [0.4, 0.5) is 0 Å². The number of nitrogens with zero attached hydrogens (tertiary/aromatic N) is 2. The summed E-state index contributed by atoms with van der Waals surface area (Å²) in [6, 6.07) is 0. The molecule has 0 saturated carbocycles. The number of carbonyl (C=O) groups is 1. The molecule has 0 bridgehead atoms. The number of hydrogen-bond donors (Lipinski definition) is 0. The fourth-order valence-electron chi connectivity index (χ4n) is 0.613. The molecule has 0 saturated heterocycles.